The van der Waals surface area contributed by atoms with E-state index in [1.807, 2.05) is 0 Å². The molecular weight excluding hydrogens is 292 g/mol. The first-order chi connectivity index (χ1) is 10.7. The zero-order valence-corrected chi connectivity index (χ0v) is 12.9. The molecule has 0 aromatic rings. The predicted molar refractivity (Wildman–Crippen MR) is 81.3 cm³/mol. The Labute approximate surface area is 130 Å². The Morgan fingerprint density at radius 2 is 1.09 bits per heavy atom. The second-order valence-corrected chi connectivity index (χ2v) is 4.31. The zero-order chi connectivity index (χ0) is 16.5. The van der Waals surface area contributed by atoms with Crippen molar-refractivity contribution in [2.45, 2.75) is 12.8 Å². The highest BCUT2D eigenvalue weighted by molar-refractivity contribution is 5.77. The zero-order valence-electron chi connectivity index (χ0n) is 12.9. The highest BCUT2D eigenvalue weighted by atomic mass is 16.7. The van der Waals surface area contributed by atoms with Crippen LogP contribution in [0.5, 0.6) is 0 Å². The van der Waals surface area contributed by atoms with Gasteiger partial charge in [-0.3, -0.25) is 9.59 Å². The topological polar surface area (TPSA) is 153 Å². The molecule has 0 atom stereocenters. The molecule has 0 amide bonds. The SMILES string of the molecule is NCCNCCNOC(=O)CCC(=O)ONCCNCCN. The van der Waals surface area contributed by atoms with E-state index in [9.17, 15) is 9.59 Å². The highest BCUT2D eigenvalue weighted by Crippen LogP contribution is 1.93. The van der Waals surface area contributed by atoms with Crippen LogP contribution in [-0.4, -0.2) is 64.3 Å². The quantitative estimate of drug-likeness (QED) is 0.136. The number of rotatable bonds is 15. The molecule has 0 fully saturated rings. The van der Waals surface area contributed by atoms with E-state index in [4.69, 9.17) is 21.1 Å². The van der Waals surface area contributed by atoms with Crippen LogP contribution in [0.2, 0.25) is 0 Å². The van der Waals surface area contributed by atoms with Crippen molar-refractivity contribution in [1.82, 2.24) is 21.6 Å². The fourth-order valence-corrected chi connectivity index (χ4v) is 1.30. The van der Waals surface area contributed by atoms with Crippen molar-refractivity contribution in [2.24, 2.45) is 11.5 Å². The maximum absolute atomic E-state index is 11.3. The molecule has 0 aliphatic rings. The van der Waals surface area contributed by atoms with Crippen LogP contribution < -0.4 is 33.1 Å². The normalized spacial score (nSPS) is 10.5. The summed E-state index contributed by atoms with van der Waals surface area (Å²) in [5, 5.41) is 6.05. The number of carbonyl (C=O) groups is 2. The summed E-state index contributed by atoms with van der Waals surface area (Å²) in [5.41, 5.74) is 15.6. The van der Waals surface area contributed by atoms with Crippen LogP contribution in [0.15, 0.2) is 0 Å². The smallest absolute Gasteiger partial charge is 0.325 e. The second kappa shape index (κ2) is 16.1. The summed E-state index contributed by atoms with van der Waals surface area (Å²) in [6, 6.07) is 0. The highest BCUT2D eigenvalue weighted by Gasteiger charge is 2.09. The van der Waals surface area contributed by atoms with Crippen LogP contribution in [-0.2, 0) is 19.3 Å². The number of hydrogen-bond acceptors (Lipinski definition) is 10. The van der Waals surface area contributed by atoms with Gasteiger partial charge in [-0.2, -0.15) is 11.0 Å². The molecule has 130 valence electrons. The molecule has 0 aliphatic carbocycles. The Kier molecular flexibility index (Phi) is 15.1. The van der Waals surface area contributed by atoms with E-state index in [1.165, 1.54) is 0 Å². The Morgan fingerprint density at radius 1 is 0.682 bits per heavy atom. The van der Waals surface area contributed by atoms with Crippen molar-refractivity contribution < 1.29 is 19.3 Å². The van der Waals surface area contributed by atoms with E-state index in [0.717, 1.165) is 0 Å². The molecule has 0 aromatic heterocycles. The molecule has 0 aromatic carbocycles. The van der Waals surface area contributed by atoms with Crippen LogP contribution in [0.25, 0.3) is 0 Å². The maximum atomic E-state index is 11.3. The molecule has 10 heteroatoms. The number of carbonyl (C=O) groups excluding carboxylic acids is 2. The molecule has 8 N–H and O–H groups in total. The first kappa shape index (κ1) is 20.7. The molecule has 0 radical (unpaired) electrons. The summed E-state index contributed by atoms with van der Waals surface area (Å²) in [6.45, 7) is 4.72. The molecule has 0 heterocycles. The Bertz CT molecular complexity index is 265. The first-order valence-electron chi connectivity index (χ1n) is 7.37. The average Bonchev–Trinajstić information content (AvgIpc) is 2.52. The summed E-state index contributed by atoms with van der Waals surface area (Å²) in [5.74, 6) is -1.03. The second-order valence-electron chi connectivity index (χ2n) is 4.31. The fraction of sp³-hybridized carbons (Fsp3) is 0.833. The lowest BCUT2D eigenvalue weighted by Crippen LogP contribution is -2.32. The number of hydrogen-bond donors (Lipinski definition) is 6. The van der Waals surface area contributed by atoms with Gasteiger partial charge in [0.15, 0.2) is 0 Å². The molecule has 0 spiro atoms. The maximum Gasteiger partial charge on any atom is 0.325 e. The molecule has 22 heavy (non-hydrogen) atoms. The van der Waals surface area contributed by atoms with E-state index < -0.39 is 11.9 Å². The minimum atomic E-state index is -0.514. The van der Waals surface area contributed by atoms with Crippen LogP contribution in [0, 0.1) is 0 Å². The summed E-state index contributed by atoms with van der Waals surface area (Å²) in [4.78, 5) is 32.1. The van der Waals surface area contributed by atoms with Crippen LogP contribution in [0.3, 0.4) is 0 Å². The van der Waals surface area contributed by atoms with Gasteiger partial charge in [-0.15, -0.1) is 0 Å². The van der Waals surface area contributed by atoms with E-state index >= 15 is 0 Å². The summed E-state index contributed by atoms with van der Waals surface area (Å²) < 4.78 is 0. The van der Waals surface area contributed by atoms with Crippen molar-refractivity contribution in [3.05, 3.63) is 0 Å². The molecule has 0 saturated heterocycles. The molecule has 0 aliphatic heterocycles. The lowest BCUT2D eigenvalue weighted by Gasteiger charge is -2.07. The predicted octanol–water partition coefficient (Wildman–Crippen LogP) is -3.04. The van der Waals surface area contributed by atoms with Crippen molar-refractivity contribution in [2.75, 3.05) is 52.4 Å². The van der Waals surface area contributed by atoms with E-state index in [1.54, 1.807) is 0 Å². The van der Waals surface area contributed by atoms with Crippen molar-refractivity contribution >= 4 is 11.9 Å². The molecule has 0 unspecified atom stereocenters. The first-order valence-corrected chi connectivity index (χ1v) is 7.37. The lowest BCUT2D eigenvalue weighted by molar-refractivity contribution is -0.158. The van der Waals surface area contributed by atoms with Gasteiger partial charge in [0.2, 0.25) is 0 Å². The van der Waals surface area contributed by atoms with Crippen molar-refractivity contribution in [3.8, 4) is 0 Å². The lowest BCUT2D eigenvalue weighted by atomic mass is 10.3. The number of nitrogens with one attached hydrogen (secondary N) is 4. The fourth-order valence-electron chi connectivity index (χ4n) is 1.30. The van der Waals surface area contributed by atoms with Gasteiger partial charge in [-0.1, -0.05) is 0 Å². The summed E-state index contributed by atoms with van der Waals surface area (Å²) in [7, 11) is 0. The molecule has 0 bridgehead atoms. The van der Waals surface area contributed by atoms with Gasteiger partial charge < -0.3 is 31.8 Å². The minimum Gasteiger partial charge on any atom is -0.371 e. The van der Waals surface area contributed by atoms with Crippen LogP contribution in [0.4, 0.5) is 0 Å². The van der Waals surface area contributed by atoms with Crippen LogP contribution in [0.1, 0.15) is 12.8 Å². The van der Waals surface area contributed by atoms with Gasteiger partial charge in [0, 0.05) is 52.4 Å². The molecular formula is C12H28N6O4. The van der Waals surface area contributed by atoms with Crippen molar-refractivity contribution in [3.63, 3.8) is 0 Å². The van der Waals surface area contributed by atoms with Gasteiger partial charge in [0.05, 0.1) is 12.8 Å². The Morgan fingerprint density at radius 3 is 1.45 bits per heavy atom. The third kappa shape index (κ3) is 15.1. The summed E-state index contributed by atoms with van der Waals surface area (Å²) >= 11 is 0. The van der Waals surface area contributed by atoms with Gasteiger partial charge in [0.1, 0.15) is 0 Å². The Balaban J connectivity index is 3.36. The standard InChI is InChI=1S/C12H28N6O4/c13-3-5-15-7-9-17-21-11(19)1-2-12(20)22-18-10-8-16-6-4-14/h15-18H,1-10,13-14H2. The Hall–Kier alpha value is -1.30. The van der Waals surface area contributed by atoms with Gasteiger partial charge in [-0.25, -0.2) is 0 Å². The van der Waals surface area contributed by atoms with E-state index in [2.05, 4.69) is 21.6 Å². The van der Waals surface area contributed by atoms with Crippen molar-refractivity contribution in [1.29, 1.82) is 0 Å². The third-order valence-electron chi connectivity index (χ3n) is 2.36. The molecule has 10 nitrogen and oxygen atoms in total. The van der Waals surface area contributed by atoms with Gasteiger partial charge in [0.25, 0.3) is 0 Å². The minimum absolute atomic E-state index is 0.0465. The number of hydroxylamine groups is 2. The number of nitrogens with two attached hydrogens (primary N) is 2. The molecule has 0 saturated carbocycles. The monoisotopic (exact) mass is 320 g/mol. The molecule has 0 rings (SSSR count). The summed E-state index contributed by atoms with van der Waals surface area (Å²) in [6.07, 6.45) is -0.0929. The average molecular weight is 320 g/mol. The van der Waals surface area contributed by atoms with Crippen LogP contribution >= 0.6 is 0 Å². The van der Waals surface area contributed by atoms with Gasteiger partial charge >= 0.3 is 11.9 Å². The third-order valence-corrected chi connectivity index (χ3v) is 2.36. The van der Waals surface area contributed by atoms with E-state index in [-0.39, 0.29) is 12.8 Å². The largest absolute Gasteiger partial charge is 0.371 e. The van der Waals surface area contributed by atoms with Gasteiger partial charge in [-0.05, 0) is 0 Å². The van der Waals surface area contributed by atoms with E-state index in [0.29, 0.717) is 52.4 Å².